The molecule has 5 heteroatoms. The number of nitrogens with zero attached hydrogens (tertiary/aromatic N) is 1. The maximum atomic E-state index is 13.0. The van der Waals surface area contributed by atoms with Gasteiger partial charge in [-0.3, -0.25) is 4.79 Å². The average Bonchev–Trinajstić information content (AvgIpc) is 3.17. The highest BCUT2D eigenvalue weighted by Crippen LogP contribution is 2.27. The highest BCUT2D eigenvalue weighted by Gasteiger charge is 2.29. The molecule has 5 nitrogen and oxygen atoms in total. The molecule has 2 aromatic carbocycles. The number of benzene rings is 2. The fourth-order valence-corrected chi connectivity index (χ4v) is 4.25. The topological polar surface area (TPSA) is 50.6 Å². The summed E-state index contributed by atoms with van der Waals surface area (Å²) in [5.74, 6) is 0.209. The largest absolute Gasteiger partial charge is 0.370 e. The number of nitrogens with one attached hydrogen (secondary N) is 1. The van der Waals surface area contributed by atoms with Gasteiger partial charge in [0.15, 0.2) is 6.04 Å². The molecule has 0 radical (unpaired) electrons. The van der Waals surface area contributed by atoms with Crippen molar-refractivity contribution >= 4 is 11.6 Å². The molecule has 2 aromatic rings. The smallest absolute Gasteiger partial charge is 0.284 e. The molecule has 1 atom stereocenters. The fraction of sp³-hybridized carbons (Fsp3) is 0.435. The van der Waals surface area contributed by atoms with Crippen LogP contribution in [-0.2, 0) is 29.0 Å². The van der Waals surface area contributed by atoms with Crippen molar-refractivity contribution in [2.75, 3.05) is 37.7 Å². The van der Waals surface area contributed by atoms with Crippen molar-refractivity contribution in [3.8, 4) is 0 Å². The fourth-order valence-electron chi connectivity index (χ4n) is 4.25. The van der Waals surface area contributed by atoms with Crippen LogP contribution >= 0.6 is 0 Å². The molecular formula is C23H31N3O2+2. The zero-order valence-electron chi connectivity index (χ0n) is 16.7. The van der Waals surface area contributed by atoms with Crippen LogP contribution in [0.2, 0.25) is 0 Å². The first-order chi connectivity index (χ1) is 13.7. The van der Waals surface area contributed by atoms with E-state index < -0.39 is 0 Å². The minimum atomic E-state index is -0.0880. The Labute approximate surface area is 167 Å². The zero-order valence-corrected chi connectivity index (χ0v) is 16.7. The molecule has 3 N–H and O–H groups in total. The van der Waals surface area contributed by atoms with Gasteiger partial charge in [-0.15, -0.1) is 0 Å². The summed E-state index contributed by atoms with van der Waals surface area (Å²) >= 11 is 0. The van der Waals surface area contributed by atoms with E-state index in [-0.39, 0.29) is 11.9 Å². The van der Waals surface area contributed by atoms with Crippen molar-refractivity contribution in [1.82, 2.24) is 0 Å². The normalized spacial score (nSPS) is 18.1. The van der Waals surface area contributed by atoms with Crippen molar-refractivity contribution in [1.29, 1.82) is 0 Å². The van der Waals surface area contributed by atoms with Gasteiger partial charge in [-0.25, -0.2) is 0 Å². The SMILES string of the molecule is C[C@@H]([NH2+]Cc1ccccc1C[NH+]1CCOCC1)C(=O)N1CCc2ccccc21. The molecule has 0 aromatic heterocycles. The van der Waals surface area contributed by atoms with Crippen LogP contribution in [0.5, 0.6) is 0 Å². The number of anilines is 1. The first-order valence-corrected chi connectivity index (χ1v) is 10.4. The second kappa shape index (κ2) is 8.86. The molecule has 1 fully saturated rings. The Morgan fingerprint density at radius 1 is 1.11 bits per heavy atom. The molecule has 0 saturated carbocycles. The maximum absolute atomic E-state index is 13.0. The minimum Gasteiger partial charge on any atom is -0.370 e. The third-order valence-electron chi connectivity index (χ3n) is 5.99. The summed E-state index contributed by atoms with van der Waals surface area (Å²) in [6.45, 7) is 8.55. The van der Waals surface area contributed by atoms with Crippen LogP contribution in [0.3, 0.4) is 0 Å². The standard InChI is InChI=1S/C23H29N3O2/c1-18(23(27)26-11-10-19-6-4-5-9-22(19)26)24-16-20-7-2-3-8-21(20)17-25-12-14-28-15-13-25/h2-9,18,24H,10-17H2,1H3/p+2/t18-/m1/s1. The predicted octanol–water partition coefficient (Wildman–Crippen LogP) is 0.143. The van der Waals surface area contributed by atoms with Gasteiger partial charge < -0.3 is 19.9 Å². The number of amides is 1. The Bertz CT molecular complexity index is 817. The van der Waals surface area contributed by atoms with Crippen LogP contribution in [0.4, 0.5) is 5.69 Å². The zero-order chi connectivity index (χ0) is 19.3. The van der Waals surface area contributed by atoms with Crippen LogP contribution in [0.15, 0.2) is 48.5 Å². The van der Waals surface area contributed by atoms with Gasteiger partial charge >= 0.3 is 0 Å². The van der Waals surface area contributed by atoms with E-state index >= 15 is 0 Å². The number of carbonyl (C=O) groups is 1. The Hall–Kier alpha value is -2.21. The van der Waals surface area contributed by atoms with Crippen LogP contribution in [0.1, 0.15) is 23.6 Å². The Balaban J connectivity index is 1.37. The second-order valence-corrected chi connectivity index (χ2v) is 7.90. The maximum Gasteiger partial charge on any atom is 0.284 e. The van der Waals surface area contributed by atoms with E-state index in [1.807, 2.05) is 17.9 Å². The Kier molecular flexibility index (Phi) is 6.05. The van der Waals surface area contributed by atoms with E-state index in [0.717, 1.165) is 58.0 Å². The number of para-hydroxylation sites is 1. The predicted molar refractivity (Wildman–Crippen MR) is 109 cm³/mol. The first kappa shape index (κ1) is 19.1. The van der Waals surface area contributed by atoms with Gasteiger partial charge in [0.25, 0.3) is 5.91 Å². The van der Waals surface area contributed by atoms with Gasteiger partial charge in [0.1, 0.15) is 26.2 Å². The highest BCUT2D eigenvalue weighted by molar-refractivity contribution is 5.97. The Morgan fingerprint density at radius 3 is 2.64 bits per heavy atom. The molecular weight excluding hydrogens is 350 g/mol. The number of morpholine rings is 1. The van der Waals surface area contributed by atoms with Crippen molar-refractivity contribution in [3.05, 3.63) is 65.2 Å². The number of rotatable bonds is 6. The van der Waals surface area contributed by atoms with E-state index in [1.165, 1.54) is 16.7 Å². The molecule has 0 bridgehead atoms. The average molecular weight is 382 g/mol. The summed E-state index contributed by atoms with van der Waals surface area (Å²) < 4.78 is 5.48. The van der Waals surface area contributed by atoms with Gasteiger partial charge in [-0.2, -0.15) is 0 Å². The van der Waals surface area contributed by atoms with E-state index in [0.29, 0.717) is 0 Å². The van der Waals surface area contributed by atoms with Crippen LogP contribution in [0, 0.1) is 0 Å². The number of fused-ring (bicyclic) bond motifs is 1. The van der Waals surface area contributed by atoms with E-state index in [4.69, 9.17) is 4.74 Å². The van der Waals surface area contributed by atoms with E-state index in [2.05, 4.69) is 47.8 Å². The summed E-state index contributed by atoms with van der Waals surface area (Å²) in [7, 11) is 0. The van der Waals surface area contributed by atoms with Gasteiger partial charge in [-0.05, 0) is 25.0 Å². The molecule has 0 aliphatic carbocycles. The third kappa shape index (κ3) is 4.27. The van der Waals surface area contributed by atoms with Crippen molar-refractivity contribution in [2.24, 2.45) is 0 Å². The number of ether oxygens (including phenoxy) is 1. The van der Waals surface area contributed by atoms with Gasteiger partial charge in [-0.1, -0.05) is 42.5 Å². The minimum absolute atomic E-state index is 0.0880. The molecule has 148 valence electrons. The molecule has 28 heavy (non-hydrogen) atoms. The lowest BCUT2D eigenvalue weighted by molar-refractivity contribution is -0.921. The summed E-state index contributed by atoms with van der Waals surface area (Å²) in [6.07, 6.45) is 0.958. The van der Waals surface area contributed by atoms with Crippen molar-refractivity contribution in [3.63, 3.8) is 0 Å². The summed E-state index contributed by atoms with van der Waals surface area (Å²) in [5.41, 5.74) is 5.09. The highest BCUT2D eigenvalue weighted by atomic mass is 16.5. The molecule has 0 unspecified atom stereocenters. The third-order valence-corrected chi connectivity index (χ3v) is 5.99. The van der Waals surface area contributed by atoms with Gasteiger partial charge in [0.05, 0.1) is 13.2 Å². The molecule has 1 saturated heterocycles. The van der Waals surface area contributed by atoms with Crippen LogP contribution < -0.4 is 15.1 Å². The number of quaternary nitrogens is 2. The number of hydrogen-bond acceptors (Lipinski definition) is 2. The molecule has 2 aliphatic heterocycles. The Morgan fingerprint density at radius 2 is 1.82 bits per heavy atom. The summed E-state index contributed by atoms with van der Waals surface area (Å²) in [6, 6.07) is 16.8. The quantitative estimate of drug-likeness (QED) is 0.748. The molecule has 0 spiro atoms. The lowest BCUT2D eigenvalue weighted by atomic mass is 10.1. The summed E-state index contributed by atoms with van der Waals surface area (Å²) in [4.78, 5) is 16.5. The van der Waals surface area contributed by atoms with Gasteiger partial charge in [0.2, 0.25) is 0 Å². The molecule has 2 heterocycles. The van der Waals surface area contributed by atoms with Crippen molar-refractivity contribution < 1.29 is 19.7 Å². The molecule has 4 rings (SSSR count). The molecule has 1 amide bonds. The van der Waals surface area contributed by atoms with E-state index in [9.17, 15) is 4.79 Å². The number of hydrogen-bond donors (Lipinski definition) is 2. The van der Waals surface area contributed by atoms with Gasteiger partial charge in [0, 0.05) is 23.4 Å². The van der Waals surface area contributed by atoms with Crippen LogP contribution in [-0.4, -0.2) is 44.8 Å². The lowest BCUT2D eigenvalue weighted by Gasteiger charge is -2.25. The monoisotopic (exact) mass is 381 g/mol. The van der Waals surface area contributed by atoms with Crippen molar-refractivity contribution in [2.45, 2.75) is 32.5 Å². The molecule has 2 aliphatic rings. The van der Waals surface area contributed by atoms with E-state index in [1.54, 1.807) is 4.90 Å². The number of carbonyl (C=O) groups excluding carboxylic acids is 1. The number of nitrogens with two attached hydrogens (primary N) is 1. The first-order valence-electron chi connectivity index (χ1n) is 10.4. The summed E-state index contributed by atoms with van der Waals surface area (Å²) in [5, 5.41) is 2.18. The second-order valence-electron chi connectivity index (χ2n) is 7.90. The lowest BCUT2D eigenvalue weighted by Crippen LogP contribution is -3.12. The van der Waals surface area contributed by atoms with Crippen LogP contribution in [0.25, 0.3) is 0 Å².